The Kier molecular flexibility index (Phi) is 5.32. The van der Waals surface area contributed by atoms with Crippen molar-refractivity contribution in [2.45, 2.75) is 32.2 Å². The Hall–Kier alpha value is -1.19. The molecule has 1 nitrogen and oxygen atoms in total. The van der Waals surface area contributed by atoms with Crippen molar-refractivity contribution in [2.75, 3.05) is 0 Å². The van der Waals surface area contributed by atoms with Crippen LogP contribution in [0.25, 0.3) is 0 Å². The van der Waals surface area contributed by atoms with Gasteiger partial charge in [-0.05, 0) is 55.0 Å². The molecule has 0 spiro atoms. The molecule has 0 saturated carbocycles. The van der Waals surface area contributed by atoms with Gasteiger partial charge in [-0.25, -0.2) is 4.39 Å². The molecule has 0 aliphatic rings. The van der Waals surface area contributed by atoms with E-state index >= 15 is 0 Å². The molecule has 0 aliphatic heterocycles. The number of halogens is 2. The highest BCUT2D eigenvalue weighted by molar-refractivity contribution is 9.10. The van der Waals surface area contributed by atoms with E-state index in [9.17, 15) is 4.39 Å². The van der Waals surface area contributed by atoms with Crippen molar-refractivity contribution >= 4 is 15.9 Å². The Bertz CT molecular complexity index is 583. The Labute approximate surface area is 128 Å². The number of hydrogen-bond donors (Lipinski definition) is 1. The molecule has 0 fully saturated rings. The normalized spacial score (nSPS) is 12.4. The summed E-state index contributed by atoms with van der Waals surface area (Å²) in [4.78, 5) is 0. The lowest BCUT2D eigenvalue weighted by molar-refractivity contribution is 0.602. The van der Waals surface area contributed by atoms with Gasteiger partial charge in [0.2, 0.25) is 0 Å². The highest BCUT2D eigenvalue weighted by Gasteiger charge is 2.09. The van der Waals surface area contributed by atoms with E-state index in [4.69, 9.17) is 5.73 Å². The molecule has 2 aromatic rings. The van der Waals surface area contributed by atoms with Crippen molar-refractivity contribution in [1.82, 2.24) is 0 Å². The van der Waals surface area contributed by atoms with Crippen LogP contribution < -0.4 is 5.73 Å². The molecule has 2 aromatic carbocycles. The average Bonchev–Trinajstić information content (AvgIpc) is 2.41. The summed E-state index contributed by atoms with van der Waals surface area (Å²) in [5, 5.41) is 0. The average molecular weight is 336 g/mol. The Morgan fingerprint density at radius 1 is 1.15 bits per heavy atom. The fourth-order valence-electron chi connectivity index (χ4n) is 2.30. The zero-order valence-electron chi connectivity index (χ0n) is 11.6. The van der Waals surface area contributed by atoms with Gasteiger partial charge in [0.25, 0.3) is 0 Å². The number of benzene rings is 2. The standard InChI is InChI=1S/C17H19BrFN/c1-12-4-2-3-5-13(12)7-9-16(20)10-14-6-8-15(19)11-17(14)18/h2-6,8,11,16H,7,9-10,20H2,1H3. The van der Waals surface area contributed by atoms with Gasteiger partial charge in [0.1, 0.15) is 5.82 Å². The second kappa shape index (κ2) is 7.00. The lowest BCUT2D eigenvalue weighted by Gasteiger charge is -2.14. The van der Waals surface area contributed by atoms with Gasteiger partial charge in [0, 0.05) is 10.5 Å². The van der Waals surface area contributed by atoms with E-state index in [2.05, 4.69) is 41.1 Å². The Balaban J connectivity index is 1.92. The molecule has 106 valence electrons. The predicted octanol–water partition coefficient (Wildman–Crippen LogP) is 4.40. The van der Waals surface area contributed by atoms with Gasteiger partial charge in [0.05, 0.1) is 0 Å². The lowest BCUT2D eigenvalue weighted by Crippen LogP contribution is -2.23. The smallest absolute Gasteiger partial charge is 0.124 e. The molecule has 0 radical (unpaired) electrons. The van der Waals surface area contributed by atoms with E-state index in [0.717, 1.165) is 29.3 Å². The summed E-state index contributed by atoms with van der Waals surface area (Å²) in [5.41, 5.74) is 9.91. The van der Waals surface area contributed by atoms with E-state index in [-0.39, 0.29) is 11.9 Å². The summed E-state index contributed by atoms with van der Waals surface area (Å²) in [5.74, 6) is -0.228. The molecular weight excluding hydrogens is 317 g/mol. The molecule has 1 unspecified atom stereocenters. The minimum absolute atomic E-state index is 0.0800. The quantitative estimate of drug-likeness (QED) is 0.860. The van der Waals surface area contributed by atoms with Crippen LogP contribution in [-0.2, 0) is 12.8 Å². The molecule has 0 heterocycles. The topological polar surface area (TPSA) is 26.0 Å². The van der Waals surface area contributed by atoms with Gasteiger partial charge < -0.3 is 5.73 Å². The van der Waals surface area contributed by atoms with Gasteiger partial charge in [-0.15, -0.1) is 0 Å². The van der Waals surface area contributed by atoms with Crippen molar-refractivity contribution in [1.29, 1.82) is 0 Å². The number of nitrogens with two attached hydrogens (primary N) is 1. The molecule has 3 heteroatoms. The maximum Gasteiger partial charge on any atom is 0.124 e. The summed E-state index contributed by atoms with van der Waals surface area (Å²) in [6.07, 6.45) is 2.66. The number of rotatable bonds is 5. The first-order valence-electron chi connectivity index (χ1n) is 6.80. The highest BCUT2D eigenvalue weighted by Crippen LogP contribution is 2.20. The van der Waals surface area contributed by atoms with Crippen LogP contribution in [0.2, 0.25) is 0 Å². The van der Waals surface area contributed by atoms with Crippen LogP contribution in [0.4, 0.5) is 4.39 Å². The molecule has 20 heavy (non-hydrogen) atoms. The summed E-state index contributed by atoms with van der Waals surface area (Å²) in [6, 6.07) is 13.2. The zero-order valence-corrected chi connectivity index (χ0v) is 13.2. The third kappa shape index (κ3) is 4.15. The third-order valence-electron chi connectivity index (χ3n) is 3.54. The molecule has 0 saturated heterocycles. The molecule has 2 N–H and O–H groups in total. The summed E-state index contributed by atoms with van der Waals surface area (Å²) in [7, 11) is 0. The van der Waals surface area contributed by atoms with Crippen LogP contribution >= 0.6 is 15.9 Å². The largest absolute Gasteiger partial charge is 0.327 e. The van der Waals surface area contributed by atoms with E-state index in [1.165, 1.54) is 23.3 Å². The molecule has 0 aromatic heterocycles. The van der Waals surface area contributed by atoms with Gasteiger partial charge in [-0.3, -0.25) is 0 Å². The third-order valence-corrected chi connectivity index (χ3v) is 4.28. The monoisotopic (exact) mass is 335 g/mol. The molecule has 1 atom stereocenters. The van der Waals surface area contributed by atoms with Crippen LogP contribution in [0.15, 0.2) is 46.9 Å². The first-order valence-corrected chi connectivity index (χ1v) is 7.59. The summed E-state index contributed by atoms with van der Waals surface area (Å²) in [6.45, 7) is 2.12. The SMILES string of the molecule is Cc1ccccc1CCC(N)Cc1ccc(F)cc1Br. The van der Waals surface area contributed by atoms with E-state index in [1.807, 2.05) is 6.07 Å². The molecule has 2 rings (SSSR count). The maximum absolute atomic E-state index is 13.0. The predicted molar refractivity (Wildman–Crippen MR) is 85.3 cm³/mol. The van der Waals surface area contributed by atoms with Crippen LogP contribution in [0.1, 0.15) is 23.1 Å². The zero-order chi connectivity index (χ0) is 14.5. The summed E-state index contributed by atoms with van der Waals surface area (Å²) < 4.78 is 13.8. The van der Waals surface area contributed by atoms with Crippen molar-refractivity contribution in [3.05, 3.63) is 69.4 Å². The molecular formula is C17H19BrFN. The lowest BCUT2D eigenvalue weighted by atomic mass is 9.97. The van der Waals surface area contributed by atoms with Crippen molar-refractivity contribution in [3.63, 3.8) is 0 Å². The second-order valence-electron chi connectivity index (χ2n) is 5.17. The van der Waals surface area contributed by atoms with Gasteiger partial charge in [-0.1, -0.05) is 46.3 Å². The van der Waals surface area contributed by atoms with Gasteiger partial charge in [-0.2, -0.15) is 0 Å². The fourth-order valence-corrected chi connectivity index (χ4v) is 2.82. The number of hydrogen-bond acceptors (Lipinski definition) is 1. The van der Waals surface area contributed by atoms with Gasteiger partial charge >= 0.3 is 0 Å². The summed E-state index contributed by atoms with van der Waals surface area (Å²) >= 11 is 3.39. The molecule has 0 bridgehead atoms. The maximum atomic E-state index is 13.0. The van der Waals surface area contributed by atoms with E-state index in [0.29, 0.717) is 0 Å². The Morgan fingerprint density at radius 2 is 1.90 bits per heavy atom. The number of aryl methyl sites for hydroxylation is 2. The second-order valence-corrected chi connectivity index (χ2v) is 6.02. The van der Waals surface area contributed by atoms with Crippen LogP contribution in [0.3, 0.4) is 0 Å². The van der Waals surface area contributed by atoms with Gasteiger partial charge in [0.15, 0.2) is 0 Å². The Morgan fingerprint density at radius 3 is 2.60 bits per heavy atom. The minimum atomic E-state index is -0.228. The molecule has 0 amide bonds. The highest BCUT2D eigenvalue weighted by atomic mass is 79.9. The van der Waals surface area contributed by atoms with Crippen LogP contribution in [-0.4, -0.2) is 6.04 Å². The minimum Gasteiger partial charge on any atom is -0.327 e. The van der Waals surface area contributed by atoms with Crippen LogP contribution in [0, 0.1) is 12.7 Å². The van der Waals surface area contributed by atoms with Crippen molar-refractivity contribution < 1.29 is 4.39 Å². The molecule has 0 aliphatic carbocycles. The first-order chi connectivity index (χ1) is 9.56. The first kappa shape index (κ1) is 15.2. The van der Waals surface area contributed by atoms with Crippen molar-refractivity contribution in [2.24, 2.45) is 5.73 Å². The van der Waals surface area contributed by atoms with Crippen LogP contribution in [0.5, 0.6) is 0 Å². The van der Waals surface area contributed by atoms with Crippen molar-refractivity contribution in [3.8, 4) is 0 Å². The van der Waals surface area contributed by atoms with E-state index < -0.39 is 0 Å². The fraction of sp³-hybridized carbons (Fsp3) is 0.294. The van der Waals surface area contributed by atoms with E-state index in [1.54, 1.807) is 6.07 Å².